The van der Waals surface area contributed by atoms with Crippen molar-refractivity contribution in [1.82, 2.24) is 4.72 Å². The summed E-state index contributed by atoms with van der Waals surface area (Å²) in [6.45, 7) is -0.443. The normalized spacial score (nSPS) is 13.1. The lowest BCUT2D eigenvalue weighted by Gasteiger charge is -2.10. The van der Waals surface area contributed by atoms with E-state index in [4.69, 9.17) is 0 Å². The number of hydrogen-bond acceptors (Lipinski definition) is 5. The maximum Gasteiger partial charge on any atom is 0.336 e. The number of nitrogens with one attached hydrogen (secondary N) is 1. The number of rotatable bonds is 5. The predicted molar refractivity (Wildman–Crippen MR) is 67.4 cm³/mol. The first kappa shape index (κ1) is 15.1. The molecule has 1 atom stereocenters. The second kappa shape index (κ2) is 6.28. The van der Waals surface area contributed by atoms with Crippen LogP contribution in [-0.4, -0.2) is 39.3 Å². The Morgan fingerprint density at radius 1 is 1.56 bits per heavy atom. The number of carbonyl (C=O) groups excluding carboxylic acids is 1. The van der Waals surface area contributed by atoms with Crippen LogP contribution in [0.15, 0.2) is 33.6 Å². The minimum Gasteiger partial charge on any atom is -0.467 e. The second-order valence-corrected chi connectivity index (χ2v) is 6.03. The molecule has 100 valence electrons. The molecule has 1 unspecified atom stereocenters. The van der Waals surface area contributed by atoms with Gasteiger partial charge >= 0.3 is 5.97 Å². The monoisotopic (exact) mass is 337 g/mol. The molecule has 0 amide bonds. The molecule has 1 aromatic carbocycles. The van der Waals surface area contributed by atoms with Gasteiger partial charge in [-0.2, -0.15) is 0 Å². The number of hydrogen-bond donors (Lipinski definition) is 2. The zero-order chi connectivity index (χ0) is 13.8. The Morgan fingerprint density at radius 2 is 2.22 bits per heavy atom. The second-order valence-electron chi connectivity index (χ2n) is 3.35. The van der Waals surface area contributed by atoms with Crippen molar-refractivity contribution >= 4 is 31.9 Å². The Balaban J connectivity index is 2.75. The van der Waals surface area contributed by atoms with E-state index in [1.165, 1.54) is 12.1 Å². The average molecular weight is 338 g/mol. The van der Waals surface area contributed by atoms with Crippen molar-refractivity contribution in [3.63, 3.8) is 0 Å². The van der Waals surface area contributed by atoms with Gasteiger partial charge in [-0.05, 0) is 18.2 Å². The number of ether oxygens (including phenoxy) is 1. The third kappa shape index (κ3) is 4.05. The van der Waals surface area contributed by atoms with Crippen LogP contribution in [0.3, 0.4) is 0 Å². The van der Waals surface area contributed by atoms with Gasteiger partial charge in [0, 0.05) is 11.0 Å². The number of halogens is 1. The summed E-state index contributed by atoms with van der Waals surface area (Å²) in [6, 6.07) is 6.06. The van der Waals surface area contributed by atoms with Gasteiger partial charge in [-0.15, -0.1) is 0 Å². The van der Waals surface area contributed by atoms with Crippen LogP contribution >= 0.6 is 15.9 Å². The van der Waals surface area contributed by atoms with Gasteiger partial charge in [-0.1, -0.05) is 22.0 Å². The van der Waals surface area contributed by atoms with E-state index in [-0.39, 0.29) is 4.90 Å². The molecule has 0 saturated heterocycles. The van der Waals surface area contributed by atoms with E-state index >= 15 is 0 Å². The summed E-state index contributed by atoms with van der Waals surface area (Å²) in [6.07, 6.45) is -1.53. The van der Waals surface area contributed by atoms with Crippen molar-refractivity contribution in [2.75, 3.05) is 13.7 Å². The highest BCUT2D eigenvalue weighted by Gasteiger charge is 2.20. The summed E-state index contributed by atoms with van der Waals surface area (Å²) < 4.78 is 30.6. The number of benzene rings is 1. The summed E-state index contributed by atoms with van der Waals surface area (Å²) in [5, 5.41) is 9.27. The Hall–Kier alpha value is -0.960. The summed E-state index contributed by atoms with van der Waals surface area (Å²) in [5.74, 6) is -0.896. The number of methoxy groups -OCH3 is 1. The van der Waals surface area contributed by atoms with Crippen molar-refractivity contribution in [3.8, 4) is 0 Å². The smallest absolute Gasteiger partial charge is 0.336 e. The summed E-state index contributed by atoms with van der Waals surface area (Å²) >= 11 is 3.15. The highest BCUT2D eigenvalue weighted by Crippen LogP contribution is 2.15. The van der Waals surface area contributed by atoms with Crippen LogP contribution in [0.1, 0.15) is 0 Å². The van der Waals surface area contributed by atoms with E-state index in [2.05, 4.69) is 25.4 Å². The van der Waals surface area contributed by atoms with Crippen molar-refractivity contribution in [3.05, 3.63) is 28.7 Å². The van der Waals surface area contributed by atoms with Gasteiger partial charge in [0.05, 0.1) is 12.0 Å². The molecular weight excluding hydrogens is 326 g/mol. The number of sulfonamides is 1. The van der Waals surface area contributed by atoms with E-state index in [0.29, 0.717) is 4.47 Å². The maximum atomic E-state index is 11.8. The molecule has 0 radical (unpaired) electrons. The van der Waals surface area contributed by atoms with E-state index in [1.54, 1.807) is 12.1 Å². The first-order chi connectivity index (χ1) is 8.36. The van der Waals surface area contributed by atoms with Crippen LogP contribution in [0.25, 0.3) is 0 Å². The fourth-order valence-corrected chi connectivity index (χ4v) is 2.76. The lowest BCUT2D eigenvalue weighted by Crippen LogP contribution is -2.37. The Kier molecular flexibility index (Phi) is 5.27. The van der Waals surface area contributed by atoms with Crippen molar-refractivity contribution in [2.24, 2.45) is 0 Å². The van der Waals surface area contributed by atoms with Crippen LogP contribution in [0.5, 0.6) is 0 Å². The molecule has 0 aliphatic rings. The van der Waals surface area contributed by atoms with Gasteiger partial charge in [0.2, 0.25) is 10.0 Å². The topological polar surface area (TPSA) is 92.7 Å². The summed E-state index contributed by atoms with van der Waals surface area (Å²) in [7, 11) is -2.66. The first-order valence-corrected chi connectivity index (χ1v) is 7.15. The van der Waals surface area contributed by atoms with Crippen LogP contribution < -0.4 is 4.72 Å². The van der Waals surface area contributed by atoms with E-state index in [9.17, 15) is 18.3 Å². The van der Waals surface area contributed by atoms with Gasteiger partial charge in [0.25, 0.3) is 0 Å². The zero-order valence-electron chi connectivity index (χ0n) is 9.46. The SMILES string of the molecule is COC(=O)C(O)CNS(=O)(=O)c1cccc(Br)c1. The Morgan fingerprint density at radius 3 is 2.78 bits per heavy atom. The fraction of sp³-hybridized carbons (Fsp3) is 0.300. The average Bonchev–Trinajstić information content (AvgIpc) is 2.35. The van der Waals surface area contributed by atoms with Crippen LogP contribution in [0, 0.1) is 0 Å². The highest BCUT2D eigenvalue weighted by molar-refractivity contribution is 9.10. The van der Waals surface area contributed by atoms with Crippen molar-refractivity contribution in [1.29, 1.82) is 0 Å². The highest BCUT2D eigenvalue weighted by atomic mass is 79.9. The molecule has 1 aromatic rings. The molecule has 8 heteroatoms. The molecule has 18 heavy (non-hydrogen) atoms. The minimum absolute atomic E-state index is 0.0361. The lowest BCUT2D eigenvalue weighted by atomic mass is 10.4. The summed E-state index contributed by atoms with van der Waals surface area (Å²) in [4.78, 5) is 10.9. The quantitative estimate of drug-likeness (QED) is 0.752. The molecule has 0 aliphatic heterocycles. The van der Waals surface area contributed by atoms with E-state index < -0.39 is 28.6 Å². The van der Waals surface area contributed by atoms with Gasteiger partial charge < -0.3 is 9.84 Å². The molecule has 0 saturated carbocycles. The Bertz CT molecular complexity index is 531. The van der Waals surface area contributed by atoms with Crippen molar-refractivity contribution < 1.29 is 23.1 Å². The minimum atomic E-state index is -3.77. The number of esters is 1. The number of aliphatic hydroxyl groups is 1. The molecule has 0 spiro atoms. The molecule has 6 nitrogen and oxygen atoms in total. The number of carbonyl (C=O) groups is 1. The lowest BCUT2D eigenvalue weighted by molar-refractivity contribution is -0.149. The van der Waals surface area contributed by atoms with Crippen LogP contribution in [0.4, 0.5) is 0 Å². The van der Waals surface area contributed by atoms with Gasteiger partial charge in [-0.25, -0.2) is 17.9 Å². The molecule has 0 bridgehead atoms. The van der Waals surface area contributed by atoms with Gasteiger partial charge in [-0.3, -0.25) is 0 Å². The molecule has 1 rings (SSSR count). The molecule has 0 aliphatic carbocycles. The zero-order valence-corrected chi connectivity index (χ0v) is 11.9. The van der Waals surface area contributed by atoms with Gasteiger partial charge in [0.1, 0.15) is 0 Å². The maximum absolute atomic E-state index is 11.8. The fourth-order valence-electron chi connectivity index (χ4n) is 1.13. The predicted octanol–water partition coefficient (Wildman–Crippen LogP) is 0.261. The summed E-state index contributed by atoms with van der Waals surface area (Å²) in [5.41, 5.74) is 0. The van der Waals surface area contributed by atoms with E-state index in [0.717, 1.165) is 7.11 Å². The number of aliphatic hydroxyl groups excluding tert-OH is 1. The molecule has 0 heterocycles. The van der Waals surface area contributed by atoms with Crippen molar-refractivity contribution in [2.45, 2.75) is 11.0 Å². The van der Waals surface area contributed by atoms with Gasteiger partial charge in [0.15, 0.2) is 6.10 Å². The third-order valence-electron chi connectivity index (χ3n) is 2.05. The molecule has 0 fully saturated rings. The Labute approximate surface area is 113 Å². The molecule has 0 aromatic heterocycles. The molecule has 2 N–H and O–H groups in total. The first-order valence-electron chi connectivity index (χ1n) is 4.88. The third-order valence-corrected chi connectivity index (χ3v) is 3.96. The van der Waals surface area contributed by atoms with Crippen LogP contribution in [0.2, 0.25) is 0 Å². The van der Waals surface area contributed by atoms with E-state index in [1.807, 2.05) is 0 Å². The standard InChI is InChI=1S/C10H12BrNO5S/c1-17-10(14)9(13)6-12-18(15,16)8-4-2-3-7(11)5-8/h2-5,9,12-13H,6H2,1H3. The molecular formula is C10H12BrNO5S. The van der Waals surface area contributed by atoms with Crippen LogP contribution in [-0.2, 0) is 19.6 Å². The largest absolute Gasteiger partial charge is 0.467 e.